The standard InChI is InChI=1S/C11H8IN3O2/c12-8-6-13-5-3-7(8)11(17)15-10-9(16)2-1-4-14-10/h1-6,16H,(H,14,15,17). The lowest BCUT2D eigenvalue weighted by Crippen LogP contribution is -2.14. The van der Waals surface area contributed by atoms with Crippen LogP contribution in [0.5, 0.6) is 5.75 Å². The number of aromatic nitrogens is 2. The monoisotopic (exact) mass is 341 g/mol. The lowest BCUT2D eigenvalue weighted by Gasteiger charge is -2.06. The van der Waals surface area contributed by atoms with E-state index < -0.39 is 0 Å². The Morgan fingerprint density at radius 2 is 2.18 bits per heavy atom. The van der Waals surface area contributed by atoms with Crippen molar-refractivity contribution in [2.45, 2.75) is 0 Å². The smallest absolute Gasteiger partial charge is 0.258 e. The molecular formula is C11H8IN3O2. The van der Waals surface area contributed by atoms with Crippen LogP contribution in [0.25, 0.3) is 0 Å². The van der Waals surface area contributed by atoms with Crippen molar-refractivity contribution in [2.75, 3.05) is 5.32 Å². The van der Waals surface area contributed by atoms with Gasteiger partial charge < -0.3 is 10.4 Å². The van der Waals surface area contributed by atoms with Crippen LogP contribution in [0.4, 0.5) is 5.82 Å². The minimum atomic E-state index is -0.328. The third-order valence-electron chi connectivity index (χ3n) is 2.04. The molecule has 0 fully saturated rings. The predicted molar refractivity (Wildman–Crippen MR) is 70.8 cm³/mol. The molecule has 2 aromatic rings. The summed E-state index contributed by atoms with van der Waals surface area (Å²) in [5.41, 5.74) is 0.491. The van der Waals surface area contributed by atoms with Gasteiger partial charge in [0, 0.05) is 22.2 Å². The molecular weight excluding hydrogens is 333 g/mol. The van der Waals surface area contributed by atoms with E-state index in [1.165, 1.54) is 18.5 Å². The van der Waals surface area contributed by atoms with Gasteiger partial charge in [0.25, 0.3) is 5.91 Å². The molecule has 86 valence electrons. The van der Waals surface area contributed by atoms with E-state index in [-0.39, 0.29) is 17.5 Å². The number of halogens is 1. The Balaban J connectivity index is 2.24. The fraction of sp³-hybridized carbons (Fsp3) is 0. The van der Waals surface area contributed by atoms with E-state index in [0.29, 0.717) is 5.56 Å². The van der Waals surface area contributed by atoms with Crippen molar-refractivity contribution in [3.05, 3.63) is 45.9 Å². The first kappa shape index (κ1) is 11.8. The van der Waals surface area contributed by atoms with E-state index in [9.17, 15) is 9.90 Å². The van der Waals surface area contributed by atoms with E-state index in [0.717, 1.165) is 3.57 Å². The zero-order chi connectivity index (χ0) is 12.3. The summed E-state index contributed by atoms with van der Waals surface area (Å²) in [4.78, 5) is 19.7. The highest BCUT2D eigenvalue weighted by molar-refractivity contribution is 14.1. The summed E-state index contributed by atoms with van der Waals surface area (Å²) >= 11 is 2.02. The first-order valence-electron chi connectivity index (χ1n) is 4.73. The van der Waals surface area contributed by atoms with Gasteiger partial charge in [-0.25, -0.2) is 4.98 Å². The summed E-state index contributed by atoms with van der Waals surface area (Å²) in [6.45, 7) is 0. The Morgan fingerprint density at radius 3 is 2.88 bits per heavy atom. The molecule has 0 atom stereocenters. The van der Waals surface area contributed by atoms with Gasteiger partial charge in [0.05, 0.1) is 5.56 Å². The SMILES string of the molecule is O=C(Nc1ncccc1O)c1ccncc1I. The first-order chi connectivity index (χ1) is 8.18. The number of hydrogen-bond acceptors (Lipinski definition) is 4. The predicted octanol–water partition coefficient (Wildman–Crippen LogP) is 2.04. The molecule has 0 bridgehead atoms. The summed E-state index contributed by atoms with van der Waals surface area (Å²) < 4.78 is 0.734. The van der Waals surface area contributed by atoms with Gasteiger partial charge in [0.2, 0.25) is 0 Å². The molecule has 2 heterocycles. The number of pyridine rings is 2. The van der Waals surface area contributed by atoms with E-state index >= 15 is 0 Å². The zero-order valence-corrected chi connectivity index (χ0v) is 10.7. The van der Waals surface area contributed by atoms with Gasteiger partial charge in [-0.05, 0) is 40.8 Å². The number of amides is 1. The molecule has 0 aliphatic carbocycles. The second-order valence-electron chi connectivity index (χ2n) is 3.18. The van der Waals surface area contributed by atoms with Crippen LogP contribution in [0.3, 0.4) is 0 Å². The maximum atomic E-state index is 11.9. The topological polar surface area (TPSA) is 75.1 Å². The molecule has 0 unspecified atom stereocenters. The number of anilines is 1. The molecule has 2 N–H and O–H groups in total. The molecule has 2 aromatic heterocycles. The van der Waals surface area contributed by atoms with Crippen LogP contribution in [-0.2, 0) is 0 Å². The molecule has 5 nitrogen and oxygen atoms in total. The van der Waals surface area contributed by atoms with Crippen molar-refractivity contribution < 1.29 is 9.90 Å². The van der Waals surface area contributed by atoms with Gasteiger partial charge >= 0.3 is 0 Å². The first-order valence-corrected chi connectivity index (χ1v) is 5.81. The molecule has 0 aliphatic rings. The van der Waals surface area contributed by atoms with Crippen LogP contribution >= 0.6 is 22.6 Å². The average Bonchev–Trinajstić information content (AvgIpc) is 2.32. The molecule has 0 radical (unpaired) electrons. The number of carbonyl (C=O) groups is 1. The third kappa shape index (κ3) is 2.70. The summed E-state index contributed by atoms with van der Waals surface area (Å²) in [7, 11) is 0. The second kappa shape index (κ2) is 5.09. The minimum absolute atomic E-state index is 0.0649. The maximum Gasteiger partial charge on any atom is 0.258 e. The molecule has 1 amide bonds. The maximum absolute atomic E-state index is 11.9. The lowest BCUT2D eigenvalue weighted by molar-refractivity contribution is 0.102. The van der Waals surface area contributed by atoms with Crippen LogP contribution in [0.1, 0.15) is 10.4 Å². The summed E-state index contributed by atoms with van der Waals surface area (Å²) in [6.07, 6.45) is 4.62. The van der Waals surface area contributed by atoms with Crippen LogP contribution in [0, 0.1) is 3.57 Å². The molecule has 0 aromatic carbocycles. The Hall–Kier alpha value is -1.70. The van der Waals surface area contributed by atoms with Gasteiger partial charge in [-0.2, -0.15) is 0 Å². The average molecular weight is 341 g/mol. The highest BCUT2D eigenvalue weighted by atomic mass is 127. The summed E-state index contributed by atoms with van der Waals surface area (Å²) in [5, 5.41) is 12.0. The largest absolute Gasteiger partial charge is 0.504 e. The number of aromatic hydroxyl groups is 1. The normalized spacial score (nSPS) is 9.94. The fourth-order valence-corrected chi connectivity index (χ4v) is 1.81. The van der Waals surface area contributed by atoms with Crippen molar-refractivity contribution in [1.82, 2.24) is 9.97 Å². The second-order valence-corrected chi connectivity index (χ2v) is 4.34. The van der Waals surface area contributed by atoms with Crippen LogP contribution in [0.2, 0.25) is 0 Å². The molecule has 0 saturated carbocycles. The molecule has 17 heavy (non-hydrogen) atoms. The van der Waals surface area contributed by atoms with Gasteiger partial charge in [-0.3, -0.25) is 9.78 Å². The fourth-order valence-electron chi connectivity index (χ4n) is 1.23. The van der Waals surface area contributed by atoms with Gasteiger partial charge in [0.1, 0.15) is 0 Å². The van der Waals surface area contributed by atoms with Crippen molar-refractivity contribution in [2.24, 2.45) is 0 Å². The van der Waals surface area contributed by atoms with Crippen molar-refractivity contribution in [3.8, 4) is 5.75 Å². The van der Waals surface area contributed by atoms with Gasteiger partial charge in [0.15, 0.2) is 11.6 Å². The van der Waals surface area contributed by atoms with Crippen molar-refractivity contribution in [1.29, 1.82) is 0 Å². The van der Waals surface area contributed by atoms with Crippen molar-refractivity contribution in [3.63, 3.8) is 0 Å². The zero-order valence-electron chi connectivity index (χ0n) is 8.59. The Kier molecular flexibility index (Phi) is 3.52. The number of hydrogen-bond donors (Lipinski definition) is 2. The number of carbonyl (C=O) groups excluding carboxylic acids is 1. The Morgan fingerprint density at radius 1 is 1.35 bits per heavy atom. The molecule has 0 saturated heterocycles. The van der Waals surface area contributed by atoms with Gasteiger partial charge in [-0.1, -0.05) is 0 Å². The quantitative estimate of drug-likeness (QED) is 0.820. The highest BCUT2D eigenvalue weighted by Crippen LogP contribution is 2.20. The molecule has 0 spiro atoms. The third-order valence-corrected chi connectivity index (χ3v) is 2.90. The van der Waals surface area contributed by atoms with E-state index in [1.54, 1.807) is 18.3 Å². The van der Waals surface area contributed by atoms with Crippen LogP contribution in [-0.4, -0.2) is 21.0 Å². The Bertz CT molecular complexity index is 560. The van der Waals surface area contributed by atoms with Crippen molar-refractivity contribution >= 4 is 34.3 Å². The van der Waals surface area contributed by atoms with Crippen LogP contribution in [0.15, 0.2) is 36.8 Å². The van der Waals surface area contributed by atoms with E-state index in [2.05, 4.69) is 15.3 Å². The number of rotatable bonds is 2. The molecule has 6 heteroatoms. The Labute approximate surface area is 111 Å². The number of nitrogens with zero attached hydrogens (tertiary/aromatic N) is 2. The van der Waals surface area contributed by atoms with Gasteiger partial charge in [-0.15, -0.1) is 0 Å². The highest BCUT2D eigenvalue weighted by Gasteiger charge is 2.12. The van der Waals surface area contributed by atoms with E-state index in [1.807, 2.05) is 22.6 Å². The lowest BCUT2D eigenvalue weighted by atomic mass is 10.2. The summed E-state index contributed by atoms with van der Waals surface area (Å²) in [5.74, 6) is -0.249. The minimum Gasteiger partial charge on any atom is -0.504 e. The van der Waals surface area contributed by atoms with E-state index in [4.69, 9.17) is 0 Å². The molecule has 0 aliphatic heterocycles. The summed E-state index contributed by atoms with van der Waals surface area (Å²) in [6, 6.07) is 4.65. The number of nitrogens with one attached hydrogen (secondary N) is 1. The van der Waals surface area contributed by atoms with Crippen LogP contribution < -0.4 is 5.32 Å². The molecule has 2 rings (SSSR count).